The highest BCUT2D eigenvalue weighted by atomic mass is 19.4. The summed E-state index contributed by atoms with van der Waals surface area (Å²) in [4.78, 5) is 12.5. The maximum Gasteiger partial charge on any atom is 0.416 e. The Morgan fingerprint density at radius 1 is 1.16 bits per heavy atom. The number of aliphatic hydroxyl groups is 1. The molecule has 0 aliphatic carbocycles. The number of ether oxygens (including phenoxy) is 1. The van der Waals surface area contributed by atoms with Crippen LogP contribution in [0.2, 0.25) is 0 Å². The van der Waals surface area contributed by atoms with Gasteiger partial charge in [0, 0.05) is 48.9 Å². The summed E-state index contributed by atoms with van der Waals surface area (Å²) in [6, 6.07) is 8.85. The second-order valence-corrected chi connectivity index (χ2v) is 6.56. The molecule has 32 heavy (non-hydrogen) atoms. The van der Waals surface area contributed by atoms with E-state index >= 15 is 0 Å². The maximum atomic E-state index is 12.7. The highest BCUT2D eigenvalue weighted by Gasteiger charge is 2.30. The van der Waals surface area contributed by atoms with Gasteiger partial charge in [0.15, 0.2) is 0 Å². The molecule has 0 bridgehead atoms. The first kappa shape index (κ1) is 24.9. The molecule has 7 nitrogen and oxygen atoms in total. The number of alkyl halides is 3. The van der Waals surface area contributed by atoms with Crippen LogP contribution in [0.5, 0.6) is 5.75 Å². The standard InChI is InChI=1S/C22H25F3N4O3/c1-27-19(8-9-26)18-14-17(6-7-20(18)32-13-11-28-10-12-30)29-21(31)15-2-4-16(5-3-15)22(23,24)25/h2-9,14,26-28,30H,10-13H2,1H3,(H,29,31)/b19-8-,26-9?. The Balaban J connectivity index is 2.21. The Labute approximate surface area is 183 Å². The van der Waals surface area contributed by atoms with E-state index in [2.05, 4.69) is 16.0 Å². The molecular weight excluding hydrogens is 425 g/mol. The average molecular weight is 450 g/mol. The Kier molecular flexibility index (Phi) is 9.23. The van der Waals surface area contributed by atoms with Crippen LogP contribution in [0.3, 0.4) is 0 Å². The van der Waals surface area contributed by atoms with Gasteiger partial charge >= 0.3 is 6.18 Å². The van der Waals surface area contributed by atoms with E-state index in [0.29, 0.717) is 42.4 Å². The fourth-order valence-corrected chi connectivity index (χ4v) is 2.79. The summed E-state index contributed by atoms with van der Waals surface area (Å²) >= 11 is 0. The number of rotatable bonds is 11. The van der Waals surface area contributed by atoms with Crippen molar-refractivity contribution in [1.29, 1.82) is 5.41 Å². The quantitative estimate of drug-likeness (QED) is 0.267. The number of aliphatic hydroxyl groups excluding tert-OH is 1. The van der Waals surface area contributed by atoms with Gasteiger partial charge in [0.1, 0.15) is 12.4 Å². The van der Waals surface area contributed by atoms with Crippen LogP contribution >= 0.6 is 0 Å². The van der Waals surface area contributed by atoms with Crippen LogP contribution in [-0.2, 0) is 6.18 Å². The van der Waals surface area contributed by atoms with Gasteiger partial charge < -0.3 is 31.2 Å². The maximum absolute atomic E-state index is 12.7. The molecule has 0 aliphatic rings. The summed E-state index contributed by atoms with van der Waals surface area (Å²) < 4.78 is 43.9. The van der Waals surface area contributed by atoms with Crippen molar-refractivity contribution in [3.05, 3.63) is 65.2 Å². The highest BCUT2D eigenvalue weighted by molar-refractivity contribution is 6.04. The number of anilines is 1. The zero-order valence-electron chi connectivity index (χ0n) is 17.4. The zero-order valence-corrected chi connectivity index (χ0v) is 17.4. The van der Waals surface area contributed by atoms with Crippen LogP contribution in [0.1, 0.15) is 21.5 Å². The number of benzene rings is 2. The van der Waals surface area contributed by atoms with Crippen molar-refractivity contribution in [2.45, 2.75) is 6.18 Å². The Morgan fingerprint density at radius 2 is 1.88 bits per heavy atom. The minimum Gasteiger partial charge on any atom is -0.492 e. The fraction of sp³-hybridized carbons (Fsp3) is 0.273. The molecule has 10 heteroatoms. The van der Waals surface area contributed by atoms with Crippen molar-refractivity contribution >= 4 is 23.5 Å². The smallest absolute Gasteiger partial charge is 0.416 e. The van der Waals surface area contributed by atoms with E-state index in [1.54, 1.807) is 25.2 Å². The van der Waals surface area contributed by atoms with Crippen molar-refractivity contribution in [1.82, 2.24) is 10.6 Å². The second-order valence-electron chi connectivity index (χ2n) is 6.56. The minimum atomic E-state index is -4.47. The van der Waals surface area contributed by atoms with Crippen LogP contribution in [-0.4, -0.2) is 50.6 Å². The summed E-state index contributed by atoms with van der Waals surface area (Å²) in [6.07, 6.45) is -1.85. The van der Waals surface area contributed by atoms with Crippen molar-refractivity contribution in [3.63, 3.8) is 0 Å². The van der Waals surface area contributed by atoms with Crippen LogP contribution in [0.4, 0.5) is 18.9 Å². The van der Waals surface area contributed by atoms with Gasteiger partial charge in [0.2, 0.25) is 0 Å². The first-order valence-corrected chi connectivity index (χ1v) is 9.76. The Morgan fingerprint density at radius 3 is 2.47 bits per heavy atom. The first-order chi connectivity index (χ1) is 15.3. The number of hydrogen-bond acceptors (Lipinski definition) is 6. The van der Waals surface area contributed by atoms with Crippen LogP contribution in [0.25, 0.3) is 5.70 Å². The van der Waals surface area contributed by atoms with Gasteiger partial charge in [0.05, 0.1) is 12.2 Å². The molecule has 2 rings (SSSR count). The van der Waals surface area contributed by atoms with Gasteiger partial charge in [-0.15, -0.1) is 0 Å². The molecule has 0 saturated carbocycles. The van der Waals surface area contributed by atoms with Crippen LogP contribution < -0.4 is 20.7 Å². The van der Waals surface area contributed by atoms with Gasteiger partial charge in [-0.2, -0.15) is 13.2 Å². The normalized spacial score (nSPS) is 11.7. The molecule has 0 heterocycles. The third-order valence-electron chi connectivity index (χ3n) is 4.35. The molecule has 0 spiro atoms. The average Bonchev–Trinajstić information content (AvgIpc) is 2.77. The number of hydrogen-bond donors (Lipinski definition) is 5. The highest BCUT2D eigenvalue weighted by Crippen LogP contribution is 2.30. The largest absolute Gasteiger partial charge is 0.492 e. The van der Waals surface area contributed by atoms with E-state index in [0.717, 1.165) is 30.5 Å². The van der Waals surface area contributed by atoms with E-state index in [1.165, 1.54) is 6.08 Å². The molecule has 1 amide bonds. The fourth-order valence-electron chi connectivity index (χ4n) is 2.79. The Bertz CT molecular complexity index is 944. The summed E-state index contributed by atoms with van der Waals surface area (Å²) in [5.74, 6) is -0.0561. The molecule has 0 saturated heterocycles. The van der Waals surface area contributed by atoms with Crippen molar-refractivity contribution in [2.24, 2.45) is 0 Å². The molecule has 2 aromatic carbocycles. The van der Waals surface area contributed by atoms with Crippen LogP contribution in [0, 0.1) is 5.41 Å². The molecule has 5 N–H and O–H groups in total. The van der Waals surface area contributed by atoms with E-state index in [4.69, 9.17) is 15.3 Å². The monoisotopic (exact) mass is 450 g/mol. The molecule has 0 aromatic heterocycles. The van der Waals surface area contributed by atoms with Crippen LogP contribution in [0.15, 0.2) is 48.5 Å². The molecule has 0 aliphatic heterocycles. The van der Waals surface area contributed by atoms with Gasteiger partial charge in [0.25, 0.3) is 5.91 Å². The lowest BCUT2D eigenvalue weighted by Crippen LogP contribution is -2.24. The molecule has 2 aromatic rings. The van der Waals surface area contributed by atoms with E-state index in [-0.39, 0.29) is 12.2 Å². The lowest BCUT2D eigenvalue weighted by Gasteiger charge is -2.16. The molecular formula is C22H25F3N4O3. The lowest BCUT2D eigenvalue weighted by molar-refractivity contribution is -0.137. The minimum absolute atomic E-state index is 0.0184. The number of halogens is 3. The third kappa shape index (κ3) is 7.10. The topological polar surface area (TPSA) is 106 Å². The second kappa shape index (κ2) is 11.9. The number of carbonyl (C=O) groups excluding carboxylic acids is 1. The third-order valence-corrected chi connectivity index (χ3v) is 4.35. The first-order valence-electron chi connectivity index (χ1n) is 9.76. The molecule has 172 valence electrons. The number of nitrogens with one attached hydrogen (secondary N) is 4. The number of allylic oxidation sites excluding steroid dienone is 1. The summed E-state index contributed by atoms with van der Waals surface area (Å²) in [7, 11) is 1.68. The van der Waals surface area contributed by atoms with Gasteiger partial charge in [-0.05, 0) is 48.5 Å². The summed E-state index contributed by atoms with van der Waals surface area (Å²) in [6.45, 7) is 1.30. The molecule has 0 atom stereocenters. The zero-order chi connectivity index (χ0) is 23.6. The lowest BCUT2D eigenvalue weighted by atomic mass is 10.1. The number of carbonyl (C=O) groups is 1. The SMILES string of the molecule is CN/C(=C\C=N)c1cc(NC(=O)c2ccc(C(F)(F)F)cc2)ccc1OCCNCCO. The van der Waals surface area contributed by atoms with Gasteiger partial charge in [-0.1, -0.05) is 0 Å². The molecule has 0 fully saturated rings. The molecule has 0 radical (unpaired) electrons. The van der Waals surface area contributed by atoms with Gasteiger partial charge in [-0.25, -0.2) is 0 Å². The van der Waals surface area contributed by atoms with Crippen molar-refractivity contribution in [2.75, 3.05) is 38.7 Å². The Hall–Kier alpha value is -3.37. The predicted molar refractivity (Wildman–Crippen MR) is 117 cm³/mol. The van der Waals surface area contributed by atoms with E-state index in [1.807, 2.05) is 0 Å². The van der Waals surface area contributed by atoms with Crippen molar-refractivity contribution in [3.8, 4) is 5.75 Å². The number of amides is 1. The van der Waals surface area contributed by atoms with Crippen molar-refractivity contribution < 1.29 is 27.8 Å². The van der Waals surface area contributed by atoms with E-state index in [9.17, 15) is 18.0 Å². The summed E-state index contributed by atoms with van der Waals surface area (Å²) in [5, 5.41) is 24.8. The predicted octanol–water partition coefficient (Wildman–Crippen LogP) is 3.13. The van der Waals surface area contributed by atoms with E-state index < -0.39 is 17.6 Å². The molecule has 0 unspecified atom stereocenters. The van der Waals surface area contributed by atoms with Gasteiger partial charge in [-0.3, -0.25) is 4.79 Å². The summed E-state index contributed by atoms with van der Waals surface area (Å²) in [5.41, 5.74) is 0.814.